The fourth-order valence-corrected chi connectivity index (χ4v) is 1.89. The summed E-state index contributed by atoms with van der Waals surface area (Å²) in [6.45, 7) is 0. The Morgan fingerprint density at radius 3 is 2.93 bits per heavy atom. The van der Waals surface area contributed by atoms with E-state index in [-0.39, 0.29) is 0 Å². The smallest absolute Gasteiger partial charge is 0.230 e. The van der Waals surface area contributed by atoms with Crippen molar-refractivity contribution in [2.45, 2.75) is 0 Å². The van der Waals surface area contributed by atoms with Gasteiger partial charge in [-0.25, -0.2) is 4.99 Å². The zero-order valence-electron chi connectivity index (χ0n) is 7.48. The highest BCUT2D eigenvalue weighted by atomic mass is 35.5. The number of hydrogen-bond acceptors (Lipinski definition) is 4. The summed E-state index contributed by atoms with van der Waals surface area (Å²) in [5.74, 6) is 0. The van der Waals surface area contributed by atoms with E-state index >= 15 is 0 Å². The molecule has 1 aromatic carbocycles. The van der Waals surface area contributed by atoms with Gasteiger partial charge in [0, 0.05) is 16.8 Å². The Labute approximate surface area is 100 Å². The highest BCUT2D eigenvalue weighted by molar-refractivity contribution is 7.73. The third-order valence-corrected chi connectivity index (χ3v) is 2.99. The van der Waals surface area contributed by atoms with Crippen molar-refractivity contribution < 1.29 is 0 Å². The Bertz CT molecular complexity index is 544. The molecule has 0 unspecified atom stereocenters. The van der Waals surface area contributed by atoms with Crippen LogP contribution < -0.4 is 0 Å². The van der Waals surface area contributed by atoms with E-state index in [2.05, 4.69) is 15.2 Å². The van der Waals surface area contributed by atoms with Gasteiger partial charge in [-0.2, -0.15) is 0 Å². The maximum Gasteiger partial charge on any atom is 0.230 e. The van der Waals surface area contributed by atoms with Gasteiger partial charge < -0.3 is 0 Å². The molecule has 0 atom stereocenters. The molecule has 0 saturated carbocycles. The van der Waals surface area contributed by atoms with Crippen LogP contribution in [0.25, 0.3) is 0 Å². The van der Waals surface area contributed by atoms with Crippen molar-refractivity contribution in [2.75, 3.05) is 0 Å². The van der Waals surface area contributed by atoms with Gasteiger partial charge in [-0.05, 0) is 18.3 Å². The first-order valence-electron chi connectivity index (χ1n) is 4.10. The van der Waals surface area contributed by atoms with E-state index in [1.807, 2.05) is 24.3 Å². The lowest BCUT2D eigenvalue weighted by Crippen LogP contribution is -1.80. The minimum Gasteiger partial charge on any atom is -0.256 e. The first-order valence-corrected chi connectivity index (χ1v) is 5.70. The molecule has 2 aromatic rings. The Morgan fingerprint density at radius 2 is 2.27 bits per heavy atom. The summed E-state index contributed by atoms with van der Waals surface area (Å²) in [5.41, 5.74) is 0.861. The number of aromatic amines is 1. The summed E-state index contributed by atoms with van der Waals surface area (Å²) in [6.07, 6.45) is 1.67. The molecule has 15 heavy (non-hydrogen) atoms. The minimum absolute atomic E-state index is 0.597. The van der Waals surface area contributed by atoms with Crippen molar-refractivity contribution in [1.82, 2.24) is 10.2 Å². The van der Waals surface area contributed by atoms with Crippen LogP contribution in [0.15, 0.2) is 29.3 Å². The van der Waals surface area contributed by atoms with E-state index in [0.717, 1.165) is 5.56 Å². The molecule has 0 aliphatic carbocycles. The highest BCUT2D eigenvalue weighted by Crippen LogP contribution is 2.17. The Kier molecular flexibility index (Phi) is 3.25. The quantitative estimate of drug-likeness (QED) is 0.658. The average molecular weight is 256 g/mol. The normalized spacial score (nSPS) is 11.0. The van der Waals surface area contributed by atoms with Gasteiger partial charge in [0.2, 0.25) is 5.13 Å². The fraction of sp³-hybridized carbons (Fsp3) is 0. The van der Waals surface area contributed by atoms with Crippen LogP contribution in [0.1, 0.15) is 5.56 Å². The van der Waals surface area contributed by atoms with Crippen LogP contribution in [0, 0.1) is 3.95 Å². The molecular formula is C9H6ClN3S2. The molecule has 0 spiro atoms. The molecule has 0 radical (unpaired) electrons. The summed E-state index contributed by atoms with van der Waals surface area (Å²) in [5, 5.41) is 7.83. The van der Waals surface area contributed by atoms with Gasteiger partial charge in [0.25, 0.3) is 0 Å². The van der Waals surface area contributed by atoms with E-state index in [9.17, 15) is 0 Å². The summed E-state index contributed by atoms with van der Waals surface area (Å²) in [6, 6.07) is 7.48. The van der Waals surface area contributed by atoms with E-state index in [0.29, 0.717) is 14.1 Å². The number of H-pyrrole nitrogens is 1. The molecule has 0 bridgehead atoms. The third-order valence-electron chi connectivity index (χ3n) is 1.65. The van der Waals surface area contributed by atoms with Crippen molar-refractivity contribution in [3.05, 3.63) is 38.8 Å². The van der Waals surface area contributed by atoms with Crippen LogP contribution in [0.4, 0.5) is 5.13 Å². The number of nitrogens with one attached hydrogen (secondary N) is 1. The monoisotopic (exact) mass is 255 g/mol. The van der Waals surface area contributed by atoms with Crippen LogP contribution in [0.3, 0.4) is 0 Å². The number of rotatable bonds is 2. The molecule has 0 saturated heterocycles. The molecule has 2 rings (SSSR count). The molecule has 3 nitrogen and oxygen atoms in total. The van der Waals surface area contributed by atoms with Crippen LogP contribution in [-0.2, 0) is 0 Å². The second-order valence-electron chi connectivity index (χ2n) is 2.68. The molecule has 0 aliphatic rings. The maximum atomic E-state index is 5.96. The van der Waals surface area contributed by atoms with E-state index < -0.39 is 0 Å². The van der Waals surface area contributed by atoms with Crippen LogP contribution >= 0.6 is 35.2 Å². The Hall–Kier alpha value is -1.04. The Balaban J connectivity index is 2.26. The van der Waals surface area contributed by atoms with Crippen LogP contribution in [0.2, 0.25) is 5.02 Å². The summed E-state index contributed by atoms with van der Waals surface area (Å²) < 4.78 is 0.612. The van der Waals surface area contributed by atoms with Gasteiger partial charge in [-0.15, -0.1) is 5.10 Å². The first-order chi connectivity index (χ1) is 7.25. The molecule has 1 aromatic heterocycles. The van der Waals surface area contributed by atoms with Crippen LogP contribution in [0.5, 0.6) is 0 Å². The molecule has 0 fully saturated rings. The maximum absolute atomic E-state index is 5.96. The molecular weight excluding hydrogens is 250 g/mol. The number of benzene rings is 1. The van der Waals surface area contributed by atoms with Crippen LogP contribution in [-0.4, -0.2) is 16.4 Å². The summed E-state index contributed by atoms with van der Waals surface area (Å²) in [7, 11) is 0. The van der Waals surface area contributed by atoms with Gasteiger partial charge in [-0.3, -0.25) is 5.10 Å². The van der Waals surface area contributed by atoms with Gasteiger partial charge in [0.1, 0.15) is 0 Å². The third kappa shape index (κ3) is 2.71. The molecule has 1 N–H and O–H groups in total. The summed E-state index contributed by atoms with van der Waals surface area (Å²) >= 11 is 12.2. The fourth-order valence-electron chi connectivity index (χ4n) is 0.982. The number of aliphatic imine (C=N–C) groups is 1. The Morgan fingerprint density at radius 1 is 1.47 bits per heavy atom. The molecule has 0 aliphatic heterocycles. The van der Waals surface area contributed by atoms with Crippen molar-refractivity contribution in [3.8, 4) is 0 Å². The first kappa shape index (κ1) is 10.5. The van der Waals surface area contributed by atoms with Gasteiger partial charge in [0.15, 0.2) is 3.95 Å². The minimum atomic E-state index is 0.597. The molecule has 0 amide bonds. The highest BCUT2D eigenvalue weighted by Gasteiger charge is 1.96. The second-order valence-corrected chi connectivity index (χ2v) is 4.73. The summed E-state index contributed by atoms with van der Waals surface area (Å²) in [4.78, 5) is 4.16. The van der Waals surface area contributed by atoms with Crippen molar-refractivity contribution in [1.29, 1.82) is 0 Å². The van der Waals surface area contributed by atoms with Gasteiger partial charge in [0.05, 0.1) is 0 Å². The number of aromatic nitrogens is 2. The molecule has 1 heterocycles. The topological polar surface area (TPSA) is 41.0 Å². The van der Waals surface area contributed by atoms with Crippen molar-refractivity contribution >= 4 is 46.5 Å². The largest absolute Gasteiger partial charge is 0.256 e. The molecule has 76 valence electrons. The average Bonchev–Trinajstić information content (AvgIpc) is 2.63. The van der Waals surface area contributed by atoms with Gasteiger partial charge >= 0.3 is 0 Å². The number of hydrogen-bond donors (Lipinski definition) is 1. The lowest BCUT2D eigenvalue weighted by Gasteiger charge is -1.93. The standard InChI is InChI=1S/C9H6ClN3S2/c10-7-4-2-1-3-6(7)5-11-8-12-13-9(14)15-8/h1-5H,(H,13,14)/b11-5+. The van der Waals surface area contributed by atoms with E-state index in [1.165, 1.54) is 11.3 Å². The number of halogens is 1. The number of nitrogens with zero attached hydrogens (tertiary/aromatic N) is 2. The van der Waals surface area contributed by atoms with Crippen molar-refractivity contribution in [2.24, 2.45) is 4.99 Å². The zero-order valence-corrected chi connectivity index (χ0v) is 9.86. The SMILES string of the molecule is S=c1[nH]nc(/N=C/c2ccccc2Cl)s1. The zero-order chi connectivity index (χ0) is 10.7. The van der Waals surface area contributed by atoms with Crippen molar-refractivity contribution in [3.63, 3.8) is 0 Å². The lowest BCUT2D eigenvalue weighted by molar-refractivity contribution is 1.07. The van der Waals surface area contributed by atoms with Gasteiger partial charge in [-0.1, -0.05) is 41.1 Å². The lowest BCUT2D eigenvalue weighted by atomic mass is 10.2. The predicted octanol–water partition coefficient (Wildman–Crippen LogP) is 3.60. The van der Waals surface area contributed by atoms with E-state index in [1.54, 1.807) is 6.21 Å². The molecule has 6 heteroatoms. The second kappa shape index (κ2) is 4.65. The van der Waals surface area contributed by atoms with E-state index in [4.69, 9.17) is 23.8 Å². The predicted molar refractivity (Wildman–Crippen MR) is 66.0 cm³/mol.